The Morgan fingerprint density at radius 3 is 2.61 bits per heavy atom. The van der Waals surface area contributed by atoms with Crippen molar-refractivity contribution in [3.05, 3.63) is 83.3 Å². The average molecular weight is 496 g/mol. The molecular formula is C20H17ClF3N7OS. The molecule has 1 atom stereocenters. The zero-order valence-corrected chi connectivity index (χ0v) is 18.7. The third-order valence-corrected chi connectivity index (χ3v) is 4.73. The predicted molar refractivity (Wildman–Crippen MR) is 119 cm³/mol. The summed E-state index contributed by atoms with van der Waals surface area (Å²) >= 11 is 5.78. The summed E-state index contributed by atoms with van der Waals surface area (Å²) < 4.78 is 42.2. The molecule has 0 saturated carbocycles. The number of carbonyl (C=O) groups is 1. The summed E-state index contributed by atoms with van der Waals surface area (Å²) in [7, 11) is 0. The van der Waals surface area contributed by atoms with E-state index in [0.29, 0.717) is 11.6 Å². The minimum atomic E-state index is -4.63. The van der Waals surface area contributed by atoms with E-state index in [2.05, 4.69) is 25.5 Å². The van der Waals surface area contributed by atoms with E-state index >= 15 is 0 Å². The van der Waals surface area contributed by atoms with Gasteiger partial charge in [-0.25, -0.2) is 14.6 Å². The Balaban J connectivity index is 0.00000306. The average Bonchev–Trinajstić information content (AvgIpc) is 3.45. The summed E-state index contributed by atoms with van der Waals surface area (Å²) in [4.78, 5) is 21.1. The lowest BCUT2D eigenvalue weighted by Crippen LogP contribution is -2.29. The van der Waals surface area contributed by atoms with Gasteiger partial charge in [-0.2, -0.15) is 41.5 Å². The van der Waals surface area contributed by atoms with Crippen LogP contribution < -0.4 is 5.32 Å². The van der Waals surface area contributed by atoms with Gasteiger partial charge < -0.3 is 5.32 Å². The van der Waals surface area contributed by atoms with Crippen LogP contribution in [0.3, 0.4) is 0 Å². The first kappa shape index (κ1) is 24.3. The van der Waals surface area contributed by atoms with Gasteiger partial charge in [-0.15, -0.1) is 0 Å². The highest BCUT2D eigenvalue weighted by molar-refractivity contribution is 7.59. The molecule has 4 aromatic rings. The molecule has 4 rings (SSSR count). The molecule has 0 aliphatic heterocycles. The van der Waals surface area contributed by atoms with Crippen molar-refractivity contribution in [1.29, 1.82) is 0 Å². The third kappa shape index (κ3) is 5.34. The number of benzene rings is 1. The SMILES string of the molecule is C[C@H](NC(=O)c1cc(Cl)cc(C(F)(F)F)c1)c1ncnn1-c1cc(-n2cccn2)ccn1.S. The summed E-state index contributed by atoms with van der Waals surface area (Å²) in [5, 5.41) is 10.8. The minimum absolute atomic E-state index is 0. The standard InChI is InChI=1S/C20H15ClF3N7O.H2S/c1-12(29-19(32)13-7-14(20(22,23)24)9-15(21)8-13)18-26-11-28-31(18)17-10-16(3-5-25-17)30-6-2-4-27-30;/h2-12H,1H3,(H,29,32);1H2/t12-;/m0./s1. The van der Waals surface area contributed by atoms with Crippen LogP contribution in [0.1, 0.15) is 34.7 Å². The molecule has 0 aliphatic carbocycles. The number of alkyl halides is 3. The lowest BCUT2D eigenvalue weighted by molar-refractivity contribution is -0.137. The van der Waals surface area contributed by atoms with E-state index in [1.807, 2.05) is 0 Å². The molecule has 0 bridgehead atoms. The van der Waals surface area contributed by atoms with Crippen molar-refractivity contribution in [3.63, 3.8) is 0 Å². The topological polar surface area (TPSA) is 90.5 Å². The summed E-state index contributed by atoms with van der Waals surface area (Å²) in [6.45, 7) is 1.63. The largest absolute Gasteiger partial charge is 0.416 e. The lowest BCUT2D eigenvalue weighted by Gasteiger charge is -2.16. The quantitative estimate of drug-likeness (QED) is 0.449. The number of hydrogen-bond donors (Lipinski definition) is 1. The van der Waals surface area contributed by atoms with Crippen molar-refractivity contribution < 1.29 is 18.0 Å². The maximum absolute atomic E-state index is 13.0. The van der Waals surface area contributed by atoms with Crippen LogP contribution in [0, 0.1) is 0 Å². The monoisotopic (exact) mass is 495 g/mol. The number of hydrogen-bond acceptors (Lipinski definition) is 5. The second kappa shape index (κ2) is 9.63. The normalized spacial score (nSPS) is 12.2. The number of carbonyl (C=O) groups excluding carboxylic acids is 1. The van der Waals surface area contributed by atoms with E-state index in [4.69, 9.17) is 11.6 Å². The molecule has 13 heteroatoms. The van der Waals surface area contributed by atoms with Crippen LogP contribution in [-0.4, -0.2) is 35.4 Å². The van der Waals surface area contributed by atoms with Gasteiger partial charge in [0.15, 0.2) is 11.6 Å². The van der Waals surface area contributed by atoms with Crippen molar-refractivity contribution >= 4 is 31.0 Å². The molecule has 0 radical (unpaired) electrons. The van der Waals surface area contributed by atoms with Crippen LogP contribution in [0.25, 0.3) is 11.5 Å². The molecule has 0 saturated heterocycles. The van der Waals surface area contributed by atoms with Crippen molar-refractivity contribution in [2.45, 2.75) is 19.1 Å². The van der Waals surface area contributed by atoms with Crippen LogP contribution in [0.5, 0.6) is 0 Å². The first-order valence-corrected chi connectivity index (χ1v) is 9.65. The van der Waals surface area contributed by atoms with E-state index in [9.17, 15) is 18.0 Å². The van der Waals surface area contributed by atoms with E-state index in [-0.39, 0.29) is 24.1 Å². The molecule has 33 heavy (non-hydrogen) atoms. The molecular weight excluding hydrogens is 479 g/mol. The Hall–Kier alpha value is -3.38. The summed E-state index contributed by atoms with van der Waals surface area (Å²) in [6.07, 6.45) is 1.65. The van der Waals surface area contributed by atoms with Gasteiger partial charge in [0, 0.05) is 35.2 Å². The van der Waals surface area contributed by atoms with Crippen LogP contribution in [0.2, 0.25) is 5.02 Å². The Labute approximate surface area is 197 Å². The molecule has 1 aromatic carbocycles. The number of halogens is 4. The third-order valence-electron chi connectivity index (χ3n) is 4.51. The number of nitrogens with one attached hydrogen (secondary N) is 1. The van der Waals surface area contributed by atoms with E-state index in [1.54, 1.807) is 48.4 Å². The minimum Gasteiger partial charge on any atom is -0.342 e. The second-order valence-corrected chi connectivity index (χ2v) is 7.21. The van der Waals surface area contributed by atoms with E-state index in [0.717, 1.165) is 17.8 Å². The number of nitrogens with zero attached hydrogens (tertiary/aromatic N) is 6. The molecule has 8 nitrogen and oxygen atoms in total. The Morgan fingerprint density at radius 1 is 1.12 bits per heavy atom. The van der Waals surface area contributed by atoms with Gasteiger partial charge in [-0.05, 0) is 37.3 Å². The van der Waals surface area contributed by atoms with E-state index in [1.165, 1.54) is 17.1 Å². The number of aromatic nitrogens is 6. The van der Waals surface area contributed by atoms with Crippen LogP contribution in [0.15, 0.2) is 61.3 Å². The van der Waals surface area contributed by atoms with Crippen molar-refractivity contribution in [2.24, 2.45) is 0 Å². The van der Waals surface area contributed by atoms with Crippen molar-refractivity contribution in [1.82, 2.24) is 34.8 Å². The smallest absolute Gasteiger partial charge is 0.342 e. The van der Waals surface area contributed by atoms with Gasteiger partial charge in [0.2, 0.25) is 0 Å². The second-order valence-electron chi connectivity index (χ2n) is 6.77. The highest BCUT2D eigenvalue weighted by Crippen LogP contribution is 2.32. The summed E-state index contributed by atoms with van der Waals surface area (Å²) in [5.74, 6) is 0.0218. The number of pyridine rings is 1. The lowest BCUT2D eigenvalue weighted by atomic mass is 10.1. The fourth-order valence-electron chi connectivity index (χ4n) is 3.04. The van der Waals surface area contributed by atoms with Gasteiger partial charge in [-0.3, -0.25) is 4.79 Å². The van der Waals surface area contributed by atoms with Gasteiger partial charge in [0.25, 0.3) is 5.91 Å². The number of rotatable bonds is 5. The van der Waals surface area contributed by atoms with Crippen LogP contribution in [-0.2, 0) is 6.18 Å². The molecule has 1 N–H and O–H groups in total. The Bertz CT molecular complexity index is 1260. The fraction of sp³-hybridized carbons (Fsp3) is 0.150. The Kier molecular flexibility index (Phi) is 7.08. The van der Waals surface area contributed by atoms with Crippen LogP contribution in [0.4, 0.5) is 13.2 Å². The van der Waals surface area contributed by atoms with Gasteiger partial charge >= 0.3 is 6.18 Å². The first-order chi connectivity index (χ1) is 15.2. The molecule has 3 heterocycles. The number of amides is 1. The highest BCUT2D eigenvalue weighted by Gasteiger charge is 2.32. The van der Waals surface area contributed by atoms with Crippen molar-refractivity contribution in [3.8, 4) is 11.5 Å². The maximum atomic E-state index is 13.0. The molecule has 0 unspecified atom stereocenters. The summed E-state index contributed by atoms with van der Waals surface area (Å²) in [6, 6.07) is 7.23. The first-order valence-electron chi connectivity index (χ1n) is 9.27. The molecule has 0 spiro atoms. The predicted octanol–water partition coefficient (Wildman–Crippen LogP) is 4.12. The zero-order chi connectivity index (χ0) is 22.9. The van der Waals surface area contributed by atoms with E-state index < -0.39 is 23.7 Å². The highest BCUT2D eigenvalue weighted by atomic mass is 35.5. The van der Waals surface area contributed by atoms with Crippen LogP contribution >= 0.6 is 25.1 Å². The molecule has 172 valence electrons. The Morgan fingerprint density at radius 2 is 1.91 bits per heavy atom. The molecule has 0 fully saturated rings. The van der Waals surface area contributed by atoms with Crippen molar-refractivity contribution in [2.75, 3.05) is 0 Å². The van der Waals surface area contributed by atoms with Gasteiger partial charge in [-0.1, -0.05) is 11.6 Å². The molecule has 3 aromatic heterocycles. The molecule has 1 amide bonds. The zero-order valence-electron chi connectivity index (χ0n) is 17.0. The fourth-order valence-corrected chi connectivity index (χ4v) is 3.27. The van der Waals surface area contributed by atoms with Gasteiger partial charge in [0.1, 0.15) is 6.33 Å². The van der Waals surface area contributed by atoms with Gasteiger partial charge in [0.05, 0.1) is 17.3 Å². The molecule has 0 aliphatic rings. The maximum Gasteiger partial charge on any atom is 0.416 e. The summed E-state index contributed by atoms with van der Waals surface area (Å²) in [5.41, 5.74) is -0.496.